The fourth-order valence-electron chi connectivity index (χ4n) is 6.35. The first-order valence-corrected chi connectivity index (χ1v) is 17.3. The molecule has 4 heterocycles. The lowest BCUT2D eigenvalue weighted by Gasteiger charge is -2.47. The van der Waals surface area contributed by atoms with Crippen LogP contribution in [0.2, 0.25) is 0 Å². The molecule has 3 aliphatic heterocycles. The SMILES string of the molecule is O=C(O)CC(=O)OC[C@H]1O[C@@H](Oc2ccc3c(=O)cc(-c4ccc(O)c(O)c4)oc3c2)[C@H](O[C@@H]2OC[C@](O)(CO)[C@H]2O)[C@@H](O)[C@@H]1O[C@@H]1O[C@H](CO)[C@@H](O)[C@H](O)[C@H]1O. The number of hydrogen-bond donors (Lipinski definition) is 11. The first-order chi connectivity index (χ1) is 27.0. The Labute approximate surface area is 319 Å². The maximum absolute atomic E-state index is 13.0. The number of benzene rings is 2. The molecule has 57 heavy (non-hydrogen) atoms. The van der Waals surface area contributed by atoms with E-state index in [-0.39, 0.29) is 28.0 Å². The quantitative estimate of drug-likeness (QED) is 0.0450. The van der Waals surface area contributed by atoms with E-state index in [9.17, 15) is 65.4 Å². The summed E-state index contributed by atoms with van der Waals surface area (Å²) in [4.78, 5) is 36.4. The number of hydrogen-bond acceptors (Lipinski definition) is 21. The number of carbonyl (C=O) groups excluding carboxylic acids is 1. The van der Waals surface area contributed by atoms with Crippen LogP contribution in [0.15, 0.2) is 51.7 Å². The minimum Gasteiger partial charge on any atom is -0.504 e. The van der Waals surface area contributed by atoms with Crippen molar-refractivity contribution < 1.29 is 103 Å². The summed E-state index contributed by atoms with van der Waals surface area (Å²) >= 11 is 0. The van der Waals surface area contributed by atoms with Gasteiger partial charge in [-0.1, -0.05) is 0 Å². The molecule has 2 aromatic carbocycles. The van der Waals surface area contributed by atoms with Crippen molar-refractivity contribution in [2.75, 3.05) is 26.4 Å². The number of carbonyl (C=O) groups is 2. The molecule has 3 fully saturated rings. The second-order valence-corrected chi connectivity index (χ2v) is 13.5. The molecule has 22 nitrogen and oxygen atoms in total. The molecular formula is C35H40O22. The molecular weight excluding hydrogens is 772 g/mol. The van der Waals surface area contributed by atoms with Crippen LogP contribution in [0, 0.1) is 0 Å². The molecule has 0 spiro atoms. The van der Waals surface area contributed by atoms with Gasteiger partial charge in [-0.25, -0.2) is 0 Å². The standard InChI is InChI=1S/C35H40O22/c36-9-21-25(44)26(45)27(46)32(54-21)56-29-22(10-50-24(43)8-23(41)42)55-33(30(28(29)47)57-34-31(48)35(49,11-37)12-51-34)52-14-2-3-15-17(39)7-19(53-20(15)6-14)13-1-4-16(38)18(40)5-13/h1-7,21-22,25-34,36-38,40,44-49H,8-12H2,(H,41,42)/t21-,22-,25-,26+,27-,28+,29-,30-,31+,32+,33-,34+,35-/m1/s1. The summed E-state index contributed by atoms with van der Waals surface area (Å²) in [6, 6.07) is 8.69. The molecule has 11 N–H and O–H groups in total. The summed E-state index contributed by atoms with van der Waals surface area (Å²) < 4.78 is 45.5. The monoisotopic (exact) mass is 812 g/mol. The predicted octanol–water partition coefficient (Wildman–Crippen LogP) is -3.64. The van der Waals surface area contributed by atoms with E-state index in [0.717, 1.165) is 12.1 Å². The van der Waals surface area contributed by atoms with Gasteiger partial charge in [0.1, 0.15) is 84.6 Å². The highest BCUT2D eigenvalue weighted by molar-refractivity contribution is 5.90. The number of rotatable bonds is 13. The van der Waals surface area contributed by atoms with Crippen molar-refractivity contribution in [1.82, 2.24) is 0 Å². The Bertz CT molecular complexity index is 1970. The van der Waals surface area contributed by atoms with Gasteiger partial charge in [0.25, 0.3) is 0 Å². The number of aliphatic carboxylic acids is 1. The van der Waals surface area contributed by atoms with E-state index < -0.39 is 141 Å². The van der Waals surface area contributed by atoms with E-state index >= 15 is 0 Å². The molecule has 0 amide bonds. The molecule has 22 heteroatoms. The van der Waals surface area contributed by atoms with Gasteiger partial charge in [-0.2, -0.15) is 0 Å². The number of carboxylic acid groups (broad SMARTS) is 1. The van der Waals surface area contributed by atoms with Crippen molar-refractivity contribution in [1.29, 1.82) is 0 Å². The number of fused-ring (bicyclic) bond motifs is 1. The summed E-state index contributed by atoms with van der Waals surface area (Å²) in [6.45, 7) is -3.33. The molecule has 0 aliphatic carbocycles. The van der Waals surface area contributed by atoms with Crippen LogP contribution in [-0.4, -0.2) is 174 Å². The zero-order valence-corrected chi connectivity index (χ0v) is 29.4. The number of aromatic hydroxyl groups is 2. The Kier molecular flexibility index (Phi) is 12.7. The fraction of sp³-hybridized carbons (Fsp3) is 0.514. The van der Waals surface area contributed by atoms with E-state index in [1.165, 1.54) is 30.3 Å². The smallest absolute Gasteiger partial charge is 0.317 e. The number of aliphatic hydroxyl groups is 8. The van der Waals surface area contributed by atoms with E-state index in [2.05, 4.69) is 0 Å². The number of esters is 1. The van der Waals surface area contributed by atoms with Crippen molar-refractivity contribution in [3.8, 4) is 28.6 Å². The molecule has 3 aromatic rings. The second-order valence-electron chi connectivity index (χ2n) is 13.5. The number of ether oxygens (including phenoxy) is 7. The topological polar surface area (TPSA) is 351 Å². The van der Waals surface area contributed by atoms with Gasteiger partial charge < -0.3 is 93.7 Å². The van der Waals surface area contributed by atoms with E-state index in [1.54, 1.807) is 0 Å². The Morgan fingerprint density at radius 1 is 0.807 bits per heavy atom. The van der Waals surface area contributed by atoms with Crippen LogP contribution >= 0.6 is 0 Å². The molecule has 0 unspecified atom stereocenters. The fourth-order valence-corrected chi connectivity index (χ4v) is 6.35. The minimum absolute atomic E-state index is 0.0225. The van der Waals surface area contributed by atoms with Gasteiger partial charge in [-0.3, -0.25) is 14.4 Å². The van der Waals surface area contributed by atoms with E-state index in [4.69, 9.17) is 42.7 Å². The maximum atomic E-state index is 13.0. The molecule has 1 aromatic heterocycles. The molecule has 13 atom stereocenters. The summed E-state index contributed by atoms with van der Waals surface area (Å²) in [6.07, 6.45) is -23.2. The summed E-state index contributed by atoms with van der Waals surface area (Å²) in [7, 11) is 0. The summed E-state index contributed by atoms with van der Waals surface area (Å²) in [5.41, 5.74) is -2.58. The van der Waals surface area contributed by atoms with Crippen LogP contribution in [0.3, 0.4) is 0 Å². The van der Waals surface area contributed by atoms with Gasteiger partial charge in [0.05, 0.1) is 25.2 Å². The first-order valence-electron chi connectivity index (χ1n) is 17.3. The van der Waals surface area contributed by atoms with E-state index in [0.29, 0.717) is 0 Å². The molecule has 0 saturated carbocycles. The number of carboxylic acids is 1. The van der Waals surface area contributed by atoms with Crippen molar-refractivity contribution in [2.24, 2.45) is 0 Å². The molecule has 3 aliphatic rings. The third kappa shape index (κ3) is 8.83. The average Bonchev–Trinajstić information content (AvgIpc) is 3.46. The first kappa shape index (κ1) is 42.1. The van der Waals surface area contributed by atoms with Gasteiger partial charge in [0, 0.05) is 17.7 Å². The van der Waals surface area contributed by atoms with Gasteiger partial charge in [0.15, 0.2) is 35.6 Å². The highest BCUT2D eigenvalue weighted by Gasteiger charge is 2.56. The van der Waals surface area contributed by atoms with Gasteiger partial charge in [0.2, 0.25) is 6.29 Å². The zero-order chi connectivity index (χ0) is 41.3. The second kappa shape index (κ2) is 17.1. The molecule has 6 rings (SSSR count). The number of phenolic OH excluding ortho intramolecular Hbond substituents is 2. The lowest BCUT2D eigenvalue weighted by molar-refractivity contribution is -0.364. The van der Waals surface area contributed by atoms with Gasteiger partial charge >= 0.3 is 11.9 Å². The van der Waals surface area contributed by atoms with Crippen LogP contribution in [-0.2, 0) is 38.0 Å². The van der Waals surface area contributed by atoms with Crippen LogP contribution in [0.4, 0.5) is 0 Å². The molecule has 3 saturated heterocycles. The van der Waals surface area contributed by atoms with Crippen LogP contribution in [0.5, 0.6) is 17.2 Å². The van der Waals surface area contributed by atoms with E-state index in [1.807, 2.05) is 0 Å². The lowest BCUT2D eigenvalue weighted by atomic mass is 9.96. The van der Waals surface area contributed by atoms with Gasteiger partial charge in [-0.05, 0) is 30.3 Å². The van der Waals surface area contributed by atoms with Crippen molar-refractivity contribution in [3.63, 3.8) is 0 Å². The maximum Gasteiger partial charge on any atom is 0.317 e. The highest BCUT2D eigenvalue weighted by Crippen LogP contribution is 2.36. The normalized spacial score (nSPS) is 34.2. The van der Waals surface area contributed by atoms with Crippen LogP contribution in [0.25, 0.3) is 22.3 Å². The zero-order valence-electron chi connectivity index (χ0n) is 29.4. The third-order valence-electron chi connectivity index (χ3n) is 9.54. The van der Waals surface area contributed by atoms with Gasteiger partial charge in [-0.15, -0.1) is 0 Å². The van der Waals surface area contributed by atoms with Crippen LogP contribution in [0.1, 0.15) is 6.42 Å². The largest absolute Gasteiger partial charge is 0.504 e. The van der Waals surface area contributed by atoms with Crippen molar-refractivity contribution in [3.05, 3.63) is 52.7 Å². The molecule has 0 bridgehead atoms. The average molecular weight is 813 g/mol. The van der Waals surface area contributed by atoms with Crippen molar-refractivity contribution in [2.45, 2.75) is 85.8 Å². The number of phenols is 2. The molecule has 312 valence electrons. The summed E-state index contributed by atoms with van der Waals surface area (Å²) in [5.74, 6) is -3.85. The Hall–Kier alpha value is -4.53. The summed E-state index contributed by atoms with van der Waals surface area (Å²) in [5, 5.41) is 113. The van der Waals surface area contributed by atoms with Crippen molar-refractivity contribution >= 4 is 22.9 Å². The third-order valence-corrected chi connectivity index (χ3v) is 9.54. The lowest BCUT2D eigenvalue weighted by Crippen LogP contribution is -2.66. The Morgan fingerprint density at radius 2 is 1.53 bits per heavy atom. The number of aliphatic hydroxyl groups excluding tert-OH is 7. The Balaban J connectivity index is 1.36. The predicted molar refractivity (Wildman–Crippen MR) is 181 cm³/mol. The highest BCUT2D eigenvalue weighted by atomic mass is 16.8. The Morgan fingerprint density at radius 3 is 2.19 bits per heavy atom. The van der Waals surface area contributed by atoms with Crippen LogP contribution < -0.4 is 10.2 Å². The molecule has 0 radical (unpaired) electrons. The minimum atomic E-state index is -2.21.